The summed E-state index contributed by atoms with van der Waals surface area (Å²) >= 11 is 5.29. The van der Waals surface area contributed by atoms with E-state index in [-0.39, 0.29) is 16.9 Å². The molecule has 0 saturated carbocycles. The molecule has 2 amide bonds. The number of hydrogen-bond acceptors (Lipinski definition) is 5. The predicted molar refractivity (Wildman–Crippen MR) is 96.7 cm³/mol. The van der Waals surface area contributed by atoms with Gasteiger partial charge in [0.15, 0.2) is 10.8 Å². The fraction of sp³-hybridized carbons (Fsp3) is 0.118. The number of urea groups is 1. The van der Waals surface area contributed by atoms with Crippen LogP contribution in [-0.4, -0.2) is 31.1 Å². The van der Waals surface area contributed by atoms with Gasteiger partial charge < -0.3 is 9.47 Å². The van der Waals surface area contributed by atoms with Crippen molar-refractivity contribution < 1.29 is 14.3 Å². The topological polar surface area (TPSA) is 65.9 Å². The van der Waals surface area contributed by atoms with Crippen LogP contribution in [0, 0.1) is 5.41 Å². The van der Waals surface area contributed by atoms with Gasteiger partial charge >= 0.3 is 6.03 Å². The van der Waals surface area contributed by atoms with Gasteiger partial charge in [0.25, 0.3) is 0 Å². The van der Waals surface area contributed by atoms with E-state index in [0.717, 1.165) is 0 Å². The van der Waals surface area contributed by atoms with E-state index >= 15 is 0 Å². The molecule has 3 rings (SSSR count). The van der Waals surface area contributed by atoms with E-state index in [1.54, 1.807) is 62.8 Å². The van der Waals surface area contributed by atoms with Gasteiger partial charge in [0, 0.05) is 0 Å². The SMILES string of the molecule is COc1ccc(N2C(=N)C(=S)N(c3ccc(OC)cc3)C2=O)cc1. The lowest BCUT2D eigenvalue weighted by Gasteiger charge is -2.17. The van der Waals surface area contributed by atoms with E-state index in [4.69, 9.17) is 27.1 Å². The Morgan fingerprint density at radius 3 is 1.67 bits per heavy atom. The summed E-state index contributed by atoms with van der Waals surface area (Å²) in [6.45, 7) is 0. The molecule has 2 aromatic carbocycles. The normalized spacial score (nSPS) is 14.3. The highest BCUT2D eigenvalue weighted by Crippen LogP contribution is 2.29. The summed E-state index contributed by atoms with van der Waals surface area (Å²) in [5.74, 6) is 1.32. The average molecular weight is 341 g/mol. The van der Waals surface area contributed by atoms with Crippen LogP contribution < -0.4 is 19.3 Å². The molecule has 2 aromatic rings. The molecule has 0 unspecified atom stereocenters. The first-order valence-corrected chi connectivity index (χ1v) is 7.53. The fourth-order valence-electron chi connectivity index (χ4n) is 2.41. The molecule has 0 radical (unpaired) electrons. The standard InChI is InChI=1S/C17H15N3O3S/c1-22-13-7-3-11(4-8-13)19-15(18)16(24)20(17(19)21)12-5-9-14(23-2)10-6-12/h3-10,18H,1-2H3. The number of carbonyl (C=O) groups is 1. The van der Waals surface area contributed by atoms with Crippen molar-refractivity contribution >= 4 is 40.4 Å². The van der Waals surface area contributed by atoms with Crippen LogP contribution in [0.1, 0.15) is 0 Å². The summed E-state index contributed by atoms with van der Waals surface area (Å²) in [6.07, 6.45) is 0. The van der Waals surface area contributed by atoms with Gasteiger partial charge in [-0.05, 0) is 48.5 Å². The van der Waals surface area contributed by atoms with Crippen molar-refractivity contribution in [2.24, 2.45) is 0 Å². The van der Waals surface area contributed by atoms with Gasteiger partial charge in [-0.3, -0.25) is 5.41 Å². The maximum Gasteiger partial charge on any atom is 0.340 e. The van der Waals surface area contributed by atoms with E-state index in [9.17, 15) is 4.79 Å². The average Bonchev–Trinajstić information content (AvgIpc) is 2.84. The van der Waals surface area contributed by atoms with Gasteiger partial charge in [-0.25, -0.2) is 14.6 Å². The molecule has 1 fully saturated rings. The Balaban J connectivity index is 1.94. The Labute approximate surface area is 144 Å². The van der Waals surface area contributed by atoms with Crippen LogP contribution in [0.25, 0.3) is 0 Å². The highest BCUT2D eigenvalue weighted by atomic mass is 32.1. The van der Waals surface area contributed by atoms with E-state index in [2.05, 4.69) is 0 Å². The van der Waals surface area contributed by atoms with Gasteiger partial charge in [0.1, 0.15) is 11.5 Å². The molecule has 0 atom stereocenters. The third-order valence-corrected chi connectivity index (χ3v) is 4.05. The molecule has 1 aliphatic rings. The van der Waals surface area contributed by atoms with Crippen molar-refractivity contribution in [3.05, 3.63) is 48.5 Å². The van der Waals surface area contributed by atoms with Gasteiger partial charge in [-0.2, -0.15) is 0 Å². The molecule has 122 valence electrons. The van der Waals surface area contributed by atoms with Crippen molar-refractivity contribution in [2.45, 2.75) is 0 Å². The first kappa shape index (κ1) is 15.9. The molecule has 0 bridgehead atoms. The van der Waals surface area contributed by atoms with Crippen LogP contribution in [0.2, 0.25) is 0 Å². The number of amides is 2. The highest BCUT2D eigenvalue weighted by molar-refractivity contribution is 7.82. The van der Waals surface area contributed by atoms with Crippen molar-refractivity contribution in [1.82, 2.24) is 0 Å². The number of nitrogens with one attached hydrogen (secondary N) is 1. The molecular formula is C17H15N3O3S. The smallest absolute Gasteiger partial charge is 0.340 e. The van der Waals surface area contributed by atoms with Crippen molar-refractivity contribution in [2.75, 3.05) is 24.0 Å². The number of benzene rings is 2. The Morgan fingerprint density at radius 1 is 0.833 bits per heavy atom. The quantitative estimate of drug-likeness (QED) is 0.865. The maximum absolute atomic E-state index is 12.8. The summed E-state index contributed by atoms with van der Waals surface area (Å²) in [6, 6.07) is 13.4. The summed E-state index contributed by atoms with van der Waals surface area (Å²) in [4.78, 5) is 15.6. The molecule has 0 aromatic heterocycles. The molecule has 1 aliphatic heterocycles. The third-order valence-electron chi connectivity index (χ3n) is 3.67. The van der Waals surface area contributed by atoms with Gasteiger partial charge in [-0.15, -0.1) is 0 Å². The van der Waals surface area contributed by atoms with Gasteiger partial charge in [0.05, 0.1) is 25.6 Å². The minimum atomic E-state index is -0.389. The van der Waals surface area contributed by atoms with Crippen LogP contribution >= 0.6 is 12.2 Å². The molecule has 6 nitrogen and oxygen atoms in total. The second-order valence-corrected chi connectivity index (χ2v) is 5.39. The molecule has 1 N–H and O–H groups in total. The van der Waals surface area contributed by atoms with E-state index in [1.165, 1.54) is 9.80 Å². The van der Waals surface area contributed by atoms with Gasteiger partial charge in [-0.1, -0.05) is 12.2 Å². The largest absolute Gasteiger partial charge is 0.497 e. The van der Waals surface area contributed by atoms with E-state index < -0.39 is 0 Å². The van der Waals surface area contributed by atoms with Crippen LogP contribution in [-0.2, 0) is 0 Å². The minimum Gasteiger partial charge on any atom is -0.497 e. The summed E-state index contributed by atoms with van der Waals surface area (Å²) in [5, 5.41) is 8.20. The second-order valence-electron chi connectivity index (χ2n) is 5.00. The molecule has 1 saturated heterocycles. The molecule has 1 heterocycles. The number of ether oxygens (including phenoxy) is 2. The molecule has 7 heteroatoms. The van der Waals surface area contributed by atoms with Crippen LogP contribution in [0.4, 0.5) is 16.2 Å². The number of hydrogen-bond donors (Lipinski definition) is 1. The van der Waals surface area contributed by atoms with Crippen LogP contribution in [0.5, 0.6) is 11.5 Å². The maximum atomic E-state index is 12.8. The zero-order valence-corrected chi connectivity index (χ0v) is 14.0. The summed E-state index contributed by atoms with van der Waals surface area (Å²) < 4.78 is 10.2. The van der Waals surface area contributed by atoms with Crippen molar-refractivity contribution in [3.8, 4) is 11.5 Å². The number of amidine groups is 1. The number of anilines is 2. The lowest BCUT2D eigenvalue weighted by molar-refractivity contribution is 0.257. The van der Waals surface area contributed by atoms with E-state index in [1.807, 2.05) is 0 Å². The van der Waals surface area contributed by atoms with Crippen molar-refractivity contribution in [3.63, 3.8) is 0 Å². The Bertz CT molecular complexity index is 735. The lowest BCUT2D eigenvalue weighted by Crippen LogP contribution is -2.33. The first-order valence-electron chi connectivity index (χ1n) is 7.12. The molecule has 0 aliphatic carbocycles. The van der Waals surface area contributed by atoms with Crippen LogP contribution in [0.15, 0.2) is 48.5 Å². The predicted octanol–water partition coefficient (Wildman–Crippen LogP) is 3.46. The Kier molecular flexibility index (Phi) is 4.18. The zero-order chi connectivity index (χ0) is 17.3. The lowest BCUT2D eigenvalue weighted by atomic mass is 10.3. The third kappa shape index (κ3) is 2.59. The van der Waals surface area contributed by atoms with Gasteiger partial charge in [0.2, 0.25) is 0 Å². The Hall–Kier alpha value is -2.93. The zero-order valence-electron chi connectivity index (χ0n) is 13.1. The number of methoxy groups -OCH3 is 2. The number of nitrogens with zero attached hydrogens (tertiary/aromatic N) is 2. The monoisotopic (exact) mass is 341 g/mol. The molecule has 0 spiro atoms. The van der Waals surface area contributed by atoms with Crippen LogP contribution in [0.3, 0.4) is 0 Å². The molecular weight excluding hydrogens is 326 g/mol. The number of thiocarbonyl (C=S) groups is 1. The Morgan fingerprint density at radius 2 is 1.25 bits per heavy atom. The second kappa shape index (κ2) is 6.29. The highest BCUT2D eigenvalue weighted by Gasteiger charge is 2.40. The summed E-state index contributed by atoms with van der Waals surface area (Å²) in [7, 11) is 3.14. The summed E-state index contributed by atoms with van der Waals surface area (Å²) in [5.41, 5.74) is 1.15. The fourth-order valence-corrected chi connectivity index (χ4v) is 2.69. The number of carbonyl (C=O) groups excluding carboxylic acids is 1. The minimum absolute atomic E-state index is 0.0315. The first-order chi connectivity index (χ1) is 11.6. The van der Waals surface area contributed by atoms with E-state index in [0.29, 0.717) is 22.9 Å². The van der Waals surface area contributed by atoms with Crippen molar-refractivity contribution in [1.29, 1.82) is 5.41 Å². The number of rotatable bonds is 4. The molecule has 24 heavy (non-hydrogen) atoms.